The summed E-state index contributed by atoms with van der Waals surface area (Å²) in [5.74, 6) is 1.66. The average molecular weight is 713 g/mol. The van der Waals surface area contributed by atoms with E-state index in [0.717, 1.165) is 48.4 Å². The monoisotopic (exact) mass is 712 g/mol. The zero-order valence-electron chi connectivity index (χ0n) is 33.3. The summed E-state index contributed by atoms with van der Waals surface area (Å²) in [5.41, 5.74) is 44.2. The molecule has 278 valence electrons. The van der Waals surface area contributed by atoms with Crippen molar-refractivity contribution in [2.45, 2.75) is 132 Å². The van der Waals surface area contributed by atoms with Crippen molar-refractivity contribution in [3.8, 4) is 22.3 Å². The Kier molecular flexibility index (Phi) is 16.5. The van der Waals surface area contributed by atoms with E-state index in [4.69, 9.17) is 31.4 Å². The Morgan fingerprint density at radius 3 is 0.667 bits per heavy atom. The van der Waals surface area contributed by atoms with Crippen LogP contribution in [0.1, 0.15) is 151 Å². The summed E-state index contributed by atoms with van der Waals surface area (Å²) in [4.78, 5) is 0. The fourth-order valence-electron chi connectivity index (χ4n) is 6.70. The van der Waals surface area contributed by atoms with Crippen LogP contribution in [-0.4, -0.2) is 8.42 Å². The second-order valence-electron chi connectivity index (χ2n) is 14.7. The smallest absolute Gasteiger partial charge is 0.335 e. The standard InChI is InChI=1S/2C22H32N2.O2S/c2*1-7-15-9-17(11-19(13(3)4)21(15)23)18-10-16(8-2)22(24)20(12-18)14(5)6;1-3-2/h2*9-14H,7-8,23-24H2,1-6H3;. The van der Waals surface area contributed by atoms with Crippen molar-refractivity contribution in [2.75, 3.05) is 22.9 Å². The third kappa shape index (κ3) is 10.5. The molecule has 0 spiro atoms. The van der Waals surface area contributed by atoms with E-state index in [1.165, 1.54) is 66.8 Å². The van der Waals surface area contributed by atoms with Crippen molar-refractivity contribution >= 4 is 34.3 Å². The molecular formula is C44H64N4O2S. The van der Waals surface area contributed by atoms with E-state index in [1.807, 2.05) is 0 Å². The second-order valence-corrected chi connectivity index (χ2v) is 14.8. The van der Waals surface area contributed by atoms with Crippen LogP contribution in [0.2, 0.25) is 0 Å². The van der Waals surface area contributed by atoms with E-state index in [0.29, 0.717) is 23.7 Å². The number of nitrogen functional groups attached to an aromatic ring is 4. The van der Waals surface area contributed by atoms with Gasteiger partial charge in [0.1, 0.15) is 0 Å². The zero-order chi connectivity index (χ0) is 38.7. The lowest BCUT2D eigenvalue weighted by Gasteiger charge is -2.19. The van der Waals surface area contributed by atoms with E-state index in [1.54, 1.807) is 0 Å². The van der Waals surface area contributed by atoms with Crippen LogP contribution >= 0.6 is 0 Å². The quantitative estimate of drug-likeness (QED) is 0.121. The Morgan fingerprint density at radius 1 is 0.392 bits per heavy atom. The van der Waals surface area contributed by atoms with Crippen LogP contribution in [0.15, 0.2) is 48.5 Å². The van der Waals surface area contributed by atoms with Crippen LogP contribution < -0.4 is 22.9 Å². The number of hydrogen-bond acceptors (Lipinski definition) is 6. The van der Waals surface area contributed by atoms with Crippen LogP contribution in [0.3, 0.4) is 0 Å². The number of benzene rings is 4. The Hall–Kier alpha value is -4.10. The summed E-state index contributed by atoms with van der Waals surface area (Å²) in [6, 6.07) is 18.0. The third-order valence-electron chi connectivity index (χ3n) is 9.87. The molecule has 4 aromatic rings. The predicted molar refractivity (Wildman–Crippen MR) is 224 cm³/mol. The number of anilines is 4. The molecule has 7 heteroatoms. The van der Waals surface area contributed by atoms with Gasteiger partial charge in [-0.1, -0.05) is 83.1 Å². The van der Waals surface area contributed by atoms with Gasteiger partial charge in [-0.25, -0.2) is 0 Å². The lowest BCUT2D eigenvalue weighted by atomic mass is 9.88. The molecular weight excluding hydrogens is 649 g/mol. The van der Waals surface area contributed by atoms with Crippen LogP contribution in [0.25, 0.3) is 22.3 Å². The number of rotatable bonds is 10. The molecule has 0 aromatic heterocycles. The van der Waals surface area contributed by atoms with Crippen molar-refractivity contribution < 1.29 is 8.42 Å². The molecule has 0 saturated carbocycles. The van der Waals surface area contributed by atoms with E-state index in [9.17, 15) is 0 Å². The molecule has 0 fully saturated rings. The lowest BCUT2D eigenvalue weighted by Crippen LogP contribution is -2.04. The minimum atomic E-state index is -0.750. The molecule has 0 aliphatic carbocycles. The van der Waals surface area contributed by atoms with Gasteiger partial charge in [-0.15, -0.1) is 0 Å². The van der Waals surface area contributed by atoms with Gasteiger partial charge in [0.05, 0.1) is 0 Å². The van der Waals surface area contributed by atoms with Gasteiger partial charge in [0.25, 0.3) is 0 Å². The van der Waals surface area contributed by atoms with Gasteiger partial charge >= 0.3 is 11.6 Å². The highest BCUT2D eigenvalue weighted by Crippen LogP contribution is 2.38. The van der Waals surface area contributed by atoms with Crippen LogP contribution in [0.4, 0.5) is 22.7 Å². The minimum Gasteiger partial charge on any atom is -0.398 e. The molecule has 0 amide bonds. The third-order valence-corrected chi connectivity index (χ3v) is 9.87. The van der Waals surface area contributed by atoms with Gasteiger partial charge < -0.3 is 22.9 Å². The first-order valence-corrected chi connectivity index (χ1v) is 19.3. The normalized spacial score (nSPS) is 11.1. The molecule has 51 heavy (non-hydrogen) atoms. The first-order chi connectivity index (χ1) is 24.0. The summed E-state index contributed by atoms with van der Waals surface area (Å²) in [7, 11) is 0. The SMILES string of the molecule is CCc1cc(-c2cc(CC)c(N)c(C(C)C)c2)cc(C(C)C)c1N.CCc1cc(-c2cc(CC)c(N)c(C(C)C)c2)cc(C(C)C)c1N.O=S=O. The summed E-state index contributed by atoms with van der Waals surface area (Å²) in [5, 5.41) is 0. The molecule has 0 aliphatic rings. The molecule has 4 aromatic carbocycles. The predicted octanol–water partition coefficient (Wildman–Crippen LogP) is 11.1. The molecule has 8 N–H and O–H groups in total. The van der Waals surface area contributed by atoms with Crippen molar-refractivity contribution in [3.05, 3.63) is 93.0 Å². The second kappa shape index (κ2) is 19.5. The van der Waals surface area contributed by atoms with Gasteiger partial charge in [-0.3, -0.25) is 0 Å². The number of aryl methyl sites for hydroxylation is 4. The summed E-state index contributed by atoms with van der Waals surface area (Å²) >= 11 is -0.750. The van der Waals surface area contributed by atoms with Crippen molar-refractivity contribution in [1.82, 2.24) is 0 Å². The van der Waals surface area contributed by atoms with Gasteiger partial charge in [-0.2, -0.15) is 8.42 Å². The lowest BCUT2D eigenvalue weighted by molar-refractivity contribution is 0.630. The van der Waals surface area contributed by atoms with Crippen LogP contribution in [-0.2, 0) is 37.3 Å². The Balaban J connectivity index is 0.000000328. The molecule has 0 bridgehead atoms. The largest absolute Gasteiger partial charge is 0.398 e. The van der Waals surface area contributed by atoms with Crippen LogP contribution in [0.5, 0.6) is 0 Å². The molecule has 0 saturated heterocycles. The fourth-order valence-corrected chi connectivity index (χ4v) is 6.70. The van der Waals surface area contributed by atoms with Crippen LogP contribution in [0, 0.1) is 0 Å². The maximum absolute atomic E-state index is 8.29. The Morgan fingerprint density at radius 2 is 0.549 bits per heavy atom. The Bertz CT molecular complexity index is 1570. The van der Waals surface area contributed by atoms with E-state index < -0.39 is 11.6 Å². The highest BCUT2D eigenvalue weighted by atomic mass is 32.1. The first-order valence-electron chi connectivity index (χ1n) is 18.6. The molecule has 0 heterocycles. The maximum atomic E-state index is 8.29. The van der Waals surface area contributed by atoms with Gasteiger partial charge in [-0.05, 0) is 165 Å². The highest BCUT2D eigenvalue weighted by Gasteiger charge is 2.17. The highest BCUT2D eigenvalue weighted by molar-refractivity contribution is 7.51. The zero-order valence-corrected chi connectivity index (χ0v) is 34.1. The summed E-state index contributed by atoms with van der Waals surface area (Å²) in [6.07, 6.45) is 3.80. The van der Waals surface area contributed by atoms with E-state index in [2.05, 4.69) is 132 Å². The molecule has 6 nitrogen and oxygen atoms in total. The molecule has 0 radical (unpaired) electrons. The number of hydrogen-bond donors (Lipinski definition) is 4. The van der Waals surface area contributed by atoms with Crippen molar-refractivity contribution in [3.63, 3.8) is 0 Å². The van der Waals surface area contributed by atoms with Gasteiger partial charge in [0, 0.05) is 22.7 Å². The Labute approximate surface area is 312 Å². The van der Waals surface area contributed by atoms with Gasteiger partial charge in [0.2, 0.25) is 0 Å². The summed E-state index contributed by atoms with van der Waals surface area (Å²) in [6.45, 7) is 26.3. The van der Waals surface area contributed by atoms with Crippen molar-refractivity contribution in [1.29, 1.82) is 0 Å². The fraction of sp³-hybridized carbons (Fsp3) is 0.455. The molecule has 0 atom stereocenters. The maximum Gasteiger partial charge on any atom is 0.335 e. The van der Waals surface area contributed by atoms with E-state index >= 15 is 0 Å². The molecule has 4 rings (SSSR count). The van der Waals surface area contributed by atoms with Crippen molar-refractivity contribution in [2.24, 2.45) is 0 Å². The average Bonchev–Trinajstić information content (AvgIpc) is 3.08. The molecule has 0 unspecified atom stereocenters. The van der Waals surface area contributed by atoms with E-state index in [-0.39, 0.29) is 0 Å². The molecule has 0 aliphatic heterocycles. The topological polar surface area (TPSA) is 138 Å². The summed E-state index contributed by atoms with van der Waals surface area (Å²) < 4.78 is 16.6. The first kappa shape index (κ1) is 43.1. The number of nitrogens with two attached hydrogens (primary N) is 4. The minimum absolute atomic E-state index is 0.416. The van der Waals surface area contributed by atoms with Gasteiger partial charge in [0.15, 0.2) is 0 Å².